The van der Waals surface area contributed by atoms with Crippen LogP contribution in [0.25, 0.3) is 0 Å². The van der Waals surface area contributed by atoms with E-state index in [9.17, 15) is 9.59 Å². The number of hydrogen-bond donors (Lipinski definition) is 1. The Kier molecular flexibility index (Phi) is 7.16. The molecule has 27 heavy (non-hydrogen) atoms. The fourth-order valence-corrected chi connectivity index (χ4v) is 2.49. The van der Waals surface area contributed by atoms with Crippen LogP contribution in [-0.2, 0) is 0 Å². The topological polar surface area (TPSA) is 80.8 Å². The van der Waals surface area contributed by atoms with Gasteiger partial charge >= 0.3 is 0 Å². The summed E-state index contributed by atoms with van der Waals surface area (Å²) >= 11 is 0. The van der Waals surface area contributed by atoms with E-state index in [1.807, 2.05) is 0 Å². The van der Waals surface area contributed by atoms with Crippen molar-refractivity contribution in [3.8, 4) is 11.5 Å². The van der Waals surface area contributed by atoms with Crippen LogP contribution < -0.4 is 14.8 Å². The Balaban J connectivity index is 2.17. The van der Waals surface area contributed by atoms with E-state index >= 15 is 0 Å². The fourth-order valence-electron chi connectivity index (χ4n) is 2.49. The molecule has 7 nitrogen and oxygen atoms in total. The molecule has 7 heteroatoms. The minimum Gasteiger partial charge on any atom is -0.497 e. The Bertz CT molecular complexity index is 808. The predicted octanol–water partition coefficient (Wildman–Crippen LogP) is 3.22. The molecule has 0 bridgehead atoms. The highest BCUT2D eigenvalue weighted by atomic mass is 16.5. The maximum Gasteiger partial charge on any atom is 0.274 e. The molecule has 0 aliphatic carbocycles. The summed E-state index contributed by atoms with van der Waals surface area (Å²) in [7, 11) is 4.81. The second kappa shape index (κ2) is 9.56. The van der Waals surface area contributed by atoms with Crippen LogP contribution in [0.15, 0.2) is 36.5 Å². The Morgan fingerprint density at radius 2 is 1.93 bits per heavy atom. The van der Waals surface area contributed by atoms with Gasteiger partial charge in [0.15, 0.2) is 0 Å². The number of hydrogen-bond acceptors (Lipinski definition) is 5. The molecule has 0 atom stereocenters. The molecule has 0 aliphatic heterocycles. The molecule has 1 N–H and O–H groups in total. The number of carbonyl (C=O) groups excluding carboxylic acids is 2. The van der Waals surface area contributed by atoms with Crippen LogP contribution in [0.2, 0.25) is 0 Å². The van der Waals surface area contributed by atoms with Crippen molar-refractivity contribution in [1.82, 2.24) is 9.88 Å². The molecule has 0 saturated heterocycles. The molecule has 0 aliphatic rings. The normalized spacial score (nSPS) is 10.2. The molecule has 144 valence electrons. The Morgan fingerprint density at radius 1 is 1.15 bits per heavy atom. The van der Waals surface area contributed by atoms with Gasteiger partial charge < -0.3 is 19.7 Å². The van der Waals surface area contributed by atoms with E-state index < -0.39 is 5.91 Å². The average molecular weight is 371 g/mol. The van der Waals surface area contributed by atoms with Gasteiger partial charge in [0, 0.05) is 31.4 Å². The first-order valence-corrected chi connectivity index (χ1v) is 8.75. The number of pyridine rings is 1. The summed E-state index contributed by atoms with van der Waals surface area (Å²) in [5.41, 5.74) is 1.07. The second-order valence-corrected chi connectivity index (χ2v) is 6.03. The molecule has 1 heterocycles. The van der Waals surface area contributed by atoms with Crippen LogP contribution >= 0.6 is 0 Å². The summed E-state index contributed by atoms with van der Waals surface area (Å²) in [6.45, 7) is 2.74. The van der Waals surface area contributed by atoms with Gasteiger partial charge in [-0.2, -0.15) is 0 Å². The van der Waals surface area contributed by atoms with Gasteiger partial charge in [-0.05, 0) is 30.7 Å². The van der Waals surface area contributed by atoms with Gasteiger partial charge in [0.2, 0.25) is 0 Å². The molecule has 0 spiro atoms. The first-order chi connectivity index (χ1) is 13.0. The zero-order valence-electron chi connectivity index (χ0n) is 16.1. The van der Waals surface area contributed by atoms with Crippen molar-refractivity contribution in [3.05, 3.63) is 47.8 Å². The largest absolute Gasteiger partial charge is 0.497 e. The summed E-state index contributed by atoms with van der Waals surface area (Å²) in [6.07, 6.45) is 3.39. The standard InChI is InChI=1S/C20H25N3O4/c1-5-6-11-23(2)20(25)14-9-10-21-17(12-14)19(24)22-16-8-7-15(26-3)13-18(16)27-4/h7-10,12-13H,5-6,11H2,1-4H3,(H,22,24). The van der Waals surface area contributed by atoms with Crippen molar-refractivity contribution < 1.29 is 19.1 Å². The van der Waals surface area contributed by atoms with Gasteiger partial charge in [0.05, 0.1) is 19.9 Å². The van der Waals surface area contributed by atoms with Gasteiger partial charge in [0.25, 0.3) is 11.8 Å². The third-order valence-electron chi connectivity index (χ3n) is 4.09. The summed E-state index contributed by atoms with van der Waals surface area (Å²) < 4.78 is 10.4. The summed E-state index contributed by atoms with van der Waals surface area (Å²) in [4.78, 5) is 30.8. The van der Waals surface area contributed by atoms with Crippen molar-refractivity contribution in [2.75, 3.05) is 33.1 Å². The van der Waals surface area contributed by atoms with Crippen LogP contribution in [0, 0.1) is 0 Å². The molecule has 0 unspecified atom stereocenters. The molecule has 2 aromatic rings. The SMILES string of the molecule is CCCCN(C)C(=O)c1ccnc(C(=O)Nc2ccc(OC)cc2OC)c1. The average Bonchev–Trinajstić information content (AvgIpc) is 2.71. The van der Waals surface area contributed by atoms with E-state index in [0.29, 0.717) is 29.3 Å². The number of nitrogens with one attached hydrogen (secondary N) is 1. The van der Waals surface area contributed by atoms with Crippen molar-refractivity contribution in [1.29, 1.82) is 0 Å². The summed E-state index contributed by atoms with van der Waals surface area (Å²) in [5.74, 6) is 0.520. The summed E-state index contributed by atoms with van der Waals surface area (Å²) in [5, 5.41) is 2.75. The van der Waals surface area contributed by atoms with Gasteiger partial charge in [-0.3, -0.25) is 14.6 Å². The van der Waals surface area contributed by atoms with Gasteiger partial charge in [-0.25, -0.2) is 0 Å². The molecule has 2 rings (SSSR count). The highest BCUT2D eigenvalue weighted by molar-refractivity contribution is 6.05. The zero-order chi connectivity index (χ0) is 19.8. The lowest BCUT2D eigenvalue weighted by atomic mass is 10.2. The van der Waals surface area contributed by atoms with Crippen LogP contribution in [0.3, 0.4) is 0 Å². The monoisotopic (exact) mass is 371 g/mol. The maximum atomic E-state index is 12.6. The fraction of sp³-hybridized carbons (Fsp3) is 0.350. The van der Waals surface area contributed by atoms with Crippen LogP contribution in [0.1, 0.15) is 40.6 Å². The summed E-state index contributed by atoms with van der Waals surface area (Å²) in [6, 6.07) is 8.18. The molecule has 0 saturated carbocycles. The number of anilines is 1. The van der Waals surface area contributed by atoms with Gasteiger partial charge in [-0.1, -0.05) is 13.3 Å². The van der Waals surface area contributed by atoms with Gasteiger partial charge in [0.1, 0.15) is 17.2 Å². The van der Waals surface area contributed by atoms with Crippen LogP contribution in [-0.4, -0.2) is 49.5 Å². The lowest BCUT2D eigenvalue weighted by Crippen LogP contribution is -2.28. The number of methoxy groups -OCH3 is 2. The highest BCUT2D eigenvalue weighted by Crippen LogP contribution is 2.29. The Labute approximate surface area is 159 Å². The number of nitrogens with zero attached hydrogens (tertiary/aromatic N) is 2. The van der Waals surface area contributed by atoms with E-state index in [-0.39, 0.29) is 11.6 Å². The van der Waals surface area contributed by atoms with E-state index in [1.54, 1.807) is 43.3 Å². The van der Waals surface area contributed by atoms with Crippen molar-refractivity contribution in [2.24, 2.45) is 0 Å². The molecule has 2 amide bonds. The lowest BCUT2D eigenvalue weighted by molar-refractivity contribution is 0.0793. The lowest BCUT2D eigenvalue weighted by Gasteiger charge is -2.17. The van der Waals surface area contributed by atoms with E-state index in [4.69, 9.17) is 9.47 Å². The van der Waals surface area contributed by atoms with Crippen LogP contribution in [0.4, 0.5) is 5.69 Å². The minimum absolute atomic E-state index is 0.137. The number of unbranched alkanes of at least 4 members (excludes halogenated alkanes) is 1. The van der Waals surface area contributed by atoms with Gasteiger partial charge in [-0.15, -0.1) is 0 Å². The number of aromatic nitrogens is 1. The van der Waals surface area contributed by atoms with Crippen molar-refractivity contribution >= 4 is 17.5 Å². The Morgan fingerprint density at radius 3 is 2.59 bits per heavy atom. The number of rotatable bonds is 8. The third-order valence-corrected chi connectivity index (χ3v) is 4.09. The molecule has 0 radical (unpaired) electrons. The predicted molar refractivity (Wildman–Crippen MR) is 104 cm³/mol. The zero-order valence-corrected chi connectivity index (χ0v) is 16.1. The molecular formula is C20H25N3O4. The number of benzene rings is 1. The van der Waals surface area contributed by atoms with E-state index in [1.165, 1.54) is 19.4 Å². The van der Waals surface area contributed by atoms with Crippen LogP contribution in [0.5, 0.6) is 11.5 Å². The molecule has 1 aromatic heterocycles. The molecule has 0 fully saturated rings. The minimum atomic E-state index is -0.427. The quantitative estimate of drug-likeness (QED) is 0.771. The van der Waals surface area contributed by atoms with E-state index in [2.05, 4.69) is 17.2 Å². The smallest absolute Gasteiger partial charge is 0.274 e. The number of carbonyl (C=O) groups is 2. The first kappa shape index (κ1) is 20.2. The molecule has 1 aromatic carbocycles. The third kappa shape index (κ3) is 5.20. The Hall–Kier alpha value is -3.09. The first-order valence-electron chi connectivity index (χ1n) is 8.75. The molecular weight excluding hydrogens is 346 g/mol. The maximum absolute atomic E-state index is 12.6. The van der Waals surface area contributed by atoms with E-state index in [0.717, 1.165) is 12.8 Å². The highest BCUT2D eigenvalue weighted by Gasteiger charge is 2.16. The van der Waals surface area contributed by atoms with Crippen molar-refractivity contribution in [2.45, 2.75) is 19.8 Å². The number of amides is 2. The second-order valence-electron chi connectivity index (χ2n) is 6.03. The number of ether oxygens (including phenoxy) is 2. The van der Waals surface area contributed by atoms with Crippen molar-refractivity contribution in [3.63, 3.8) is 0 Å².